The van der Waals surface area contributed by atoms with E-state index in [0.29, 0.717) is 0 Å². The fourth-order valence-electron chi connectivity index (χ4n) is 0. The predicted octanol–water partition coefficient (Wildman–Crippen LogP) is 0.673. The molecule has 0 saturated carbocycles. The van der Waals surface area contributed by atoms with Crippen molar-refractivity contribution in [3.8, 4) is 0 Å². The Kier molecular flexibility index (Phi) is 2.73. The number of halogens is 2. The van der Waals surface area contributed by atoms with Crippen molar-refractivity contribution in [2.75, 3.05) is 0 Å². The van der Waals surface area contributed by atoms with Crippen LogP contribution in [0.4, 0.5) is 0 Å². The molecule has 1 N–H and O–H groups in total. The van der Waals surface area contributed by atoms with Crippen molar-refractivity contribution in [1.29, 1.82) is 0 Å². The zero-order valence-corrected chi connectivity index (χ0v) is 7.05. The maximum absolute atomic E-state index is 9.90. The van der Waals surface area contributed by atoms with Gasteiger partial charge in [0, 0.05) is 0 Å². The van der Waals surface area contributed by atoms with E-state index in [2.05, 4.69) is 31.9 Å². The van der Waals surface area contributed by atoms with Crippen molar-refractivity contribution in [2.45, 2.75) is 3.07 Å². The molecular weight excluding hydrogens is 250 g/mol. The number of hydrogen-bond donors (Lipinski definition) is 0. The van der Waals surface area contributed by atoms with Gasteiger partial charge in [-0.1, -0.05) is 31.9 Å². The molecule has 1 radical (unpaired) electrons. The molecule has 0 aliphatic heterocycles. The summed E-state index contributed by atoms with van der Waals surface area (Å²) in [6, 6.07) is 0. The quantitative estimate of drug-likeness (QED) is 0.644. The van der Waals surface area contributed by atoms with E-state index in [9.17, 15) is 8.42 Å². The summed E-state index contributed by atoms with van der Waals surface area (Å²) in [6.07, 6.45) is 0. The van der Waals surface area contributed by atoms with Crippen LogP contribution in [0.3, 0.4) is 0 Å². The molecule has 0 saturated heterocycles. The third kappa shape index (κ3) is 3.45. The molecule has 3 nitrogen and oxygen atoms in total. The van der Waals surface area contributed by atoms with Crippen molar-refractivity contribution in [1.82, 2.24) is 5.14 Å². The third-order valence-corrected chi connectivity index (χ3v) is 3.66. The summed E-state index contributed by atoms with van der Waals surface area (Å²) in [5.41, 5.74) is 0. The van der Waals surface area contributed by atoms with E-state index in [1.165, 1.54) is 0 Å². The summed E-state index contributed by atoms with van der Waals surface area (Å²) in [4.78, 5) is 0. The van der Waals surface area contributed by atoms with Crippen LogP contribution in [0.15, 0.2) is 0 Å². The SMILES string of the molecule is [NH]S(=O)(=O)C(Br)Br. The van der Waals surface area contributed by atoms with Crippen molar-refractivity contribution in [3.05, 3.63) is 0 Å². The van der Waals surface area contributed by atoms with Gasteiger partial charge in [-0.05, 0) is 0 Å². The third-order valence-electron chi connectivity index (χ3n) is 0.235. The fourth-order valence-corrected chi connectivity index (χ4v) is 0. The average Bonchev–Trinajstić information content (AvgIpc) is 1.31. The zero-order valence-electron chi connectivity index (χ0n) is 3.06. The Morgan fingerprint density at radius 1 is 1.43 bits per heavy atom. The second-order valence-electron chi connectivity index (χ2n) is 0.806. The standard InChI is InChI=1S/CH2Br2NO2S/c2-1(3)7(4,5)6/h1,4H. The molecule has 0 aliphatic rings. The number of sulfonamides is 1. The second-order valence-corrected chi connectivity index (χ2v) is 6.64. The Balaban J connectivity index is 4.10. The van der Waals surface area contributed by atoms with Gasteiger partial charge in [-0.25, -0.2) is 8.42 Å². The first-order valence-corrected chi connectivity index (χ1v) is 4.59. The molecule has 0 aliphatic carbocycles. The van der Waals surface area contributed by atoms with Crippen LogP contribution in [-0.2, 0) is 10.0 Å². The summed E-state index contributed by atoms with van der Waals surface area (Å²) in [6.45, 7) is 0. The van der Waals surface area contributed by atoms with Gasteiger partial charge in [0.05, 0.1) is 0 Å². The van der Waals surface area contributed by atoms with Crippen LogP contribution < -0.4 is 5.14 Å². The molecule has 43 valence electrons. The van der Waals surface area contributed by atoms with Gasteiger partial charge in [-0.3, -0.25) is 0 Å². The van der Waals surface area contributed by atoms with Crippen molar-refractivity contribution >= 4 is 41.9 Å². The Morgan fingerprint density at radius 2 is 1.57 bits per heavy atom. The van der Waals surface area contributed by atoms with Crippen LogP contribution in [0, 0.1) is 0 Å². The normalized spacial score (nSPS) is 12.6. The molecule has 0 heterocycles. The minimum absolute atomic E-state index is 0.938. The highest BCUT2D eigenvalue weighted by Crippen LogP contribution is 2.12. The van der Waals surface area contributed by atoms with Crippen LogP contribution in [0.25, 0.3) is 0 Å². The Morgan fingerprint density at radius 3 is 1.57 bits per heavy atom. The lowest BCUT2D eigenvalue weighted by molar-refractivity contribution is 0.600. The molecule has 0 aromatic rings. The van der Waals surface area contributed by atoms with Gasteiger partial charge in [0.2, 0.25) is 10.0 Å². The highest BCUT2D eigenvalue weighted by Gasteiger charge is 2.12. The molecular formula is CH2Br2NO2S. The van der Waals surface area contributed by atoms with Crippen LogP contribution in [0.5, 0.6) is 0 Å². The molecule has 0 rings (SSSR count). The van der Waals surface area contributed by atoms with E-state index >= 15 is 0 Å². The maximum atomic E-state index is 9.90. The lowest BCUT2D eigenvalue weighted by atomic mass is 11.9. The second kappa shape index (κ2) is 2.43. The summed E-state index contributed by atoms with van der Waals surface area (Å²) in [5.74, 6) is 0. The highest BCUT2D eigenvalue weighted by molar-refractivity contribution is 9.27. The summed E-state index contributed by atoms with van der Waals surface area (Å²) in [7, 11) is -3.66. The molecule has 0 aromatic carbocycles. The fraction of sp³-hybridized carbons (Fsp3) is 1.00. The van der Waals surface area contributed by atoms with Gasteiger partial charge in [0.15, 0.2) is 3.07 Å². The molecule has 0 fully saturated rings. The monoisotopic (exact) mass is 250 g/mol. The first kappa shape index (κ1) is 7.87. The number of hydrogen-bond acceptors (Lipinski definition) is 2. The Labute approximate surface area is 58.6 Å². The lowest BCUT2D eigenvalue weighted by Crippen LogP contribution is -2.06. The van der Waals surface area contributed by atoms with Gasteiger partial charge < -0.3 is 0 Å². The predicted molar refractivity (Wildman–Crippen MR) is 33.7 cm³/mol. The summed E-state index contributed by atoms with van der Waals surface area (Å²) < 4.78 is 18.9. The van der Waals surface area contributed by atoms with Gasteiger partial charge >= 0.3 is 0 Å². The molecule has 0 atom stereocenters. The van der Waals surface area contributed by atoms with Crippen LogP contribution in [0.1, 0.15) is 0 Å². The summed E-state index contributed by atoms with van der Waals surface area (Å²) in [5, 5.41) is 6.27. The van der Waals surface area contributed by atoms with Gasteiger partial charge in [-0.2, -0.15) is 0 Å². The lowest BCUT2D eigenvalue weighted by Gasteiger charge is -1.90. The molecule has 0 unspecified atom stereocenters. The van der Waals surface area contributed by atoms with Crippen LogP contribution >= 0.6 is 31.9 Å². The first-order chi connectivity index (χ1) is 2.94. The first-order valence-electron chi connectivity index (χ1n) is 1.21. The topological polar surface area (TPSA) is 57.9 Å². The van der Waals surface area contributed by atoms with Gasteiger partial charge in [-0.15, -0.1) is 5.14 Å². The van der Waals surface area contributed by atoms with Gasteiger partial charge in [0.25, 0.3) is 0 Å². The Bertz CT molecular complexity index is 138. The molecule has 7 heavy (non-hydrogen) atoms. The van der Waals surface area contributed by atoms with Gasteiger partial charge in [0.1, 0.15) is 0 Å². The maximum Gasteiger partial charge on any atom is 0.248 e. The zero-order chi connectivity index (χ0) is 6.08. The highest BCUT2D eigenvalue weighted by atomic mass is 79.9. The average molecular weight is 252 g/mol. The Hall–Kier alpha value is 0.870. The van der Waals surface area contributed by atoms with E-state index in [1.807, 2.05) is 0 Å². The van der Waals surface area contributed by atoms with Crippen molar-refractivity contribution in [3.63, 3.8) is 0 Å². The minimum atomic E-state index is -3.66. The largest absolute Gasteiger partial charge is 0.248 e. The smallest absolute Gasteiger partial charge is 0.209 e. The molecule has 0 amide bonds. The minimum Gasteiger partial charge on any atom is -0.209 e. The molecule has 0 spiro atoms. The van der Waals surface area contributed by atoms with E-state index < -0.39 is 13.1 Å². The van der Waals surface area contributed by atoms with E-state index in [4.69, 9.17) is 5.14 Å². The van der Waals surface area contributed by atoms with E-state index in [0.717, 1.165) is 0 Å². The number of alkyl halides is 2. The van der Waals surface area contributed by atoms with Crippen LogP contribution in [0.2, 0.25) is 0 Å². The van der Waals surface area contributed by atoms with E-state index in [-0.39, 0.29) is 0 Å². The number of rotatable bonds is 1. The number of nitrogens with one attached hydrogen (secondary N) is 1. The van der Waals surface area contributed by atoms with Crippen LogP contribution in [-0.4, -0.2) is 11.5 Å². The summed E-state index contributed by atoms with van der Waals surface area (Å²) >= 11 is 5.27. The van der Waals surface area contributed by atoms with Crippen molar-refractivity contribution < 1.29 is 8.42 Å². The molecule has 0 aromatic heterocycles. The molecule has 0 bridgehead atoms. The van der Waals surface area contributed by atoms with E-state index in [1.54, 1.807) is 0 Å². The van der Waals surface area contributed by atoms with Crippen molar-refractivity contribution in [2.24, 2.45) is 0 Å². The molecule has 6 heteroatoms.